The molecule has 1 aromatic rings. The summed E-state index contributed by atoms with van der Waals surface area (Å²) in [6.45, 7) is 1.94. The molecule has 0 saturated heterocycles. The predicted molar refractivity (Wildman–Crippen MR) is 59.2 cm³/mol. The Bertz CT molecular complexity index is 485. The molecule has 0 fully saturated rings. The SMILES string of the molecule is CCOC(=O)CSc1nc(C(=O)O)cc(=O)[nH]1. The van der Waals surface area contributed by atoms with Crippen LogP contribution in [0.2, 0.25) is 0 Å². The van der Waals surface area contributed by atoms with Crippen molar-refractivity contribution >= 4 is 23.7 Å². The summed E-state index contributed by atoms with van der Waals surface area (Å²) in [7, 11) is 0. The minimum atomic E-state index is -1.30. The number of hydrogen-bond donors (Lipinski definition) is 2. The number of H-pyrrole nitrogens is 1. The van der Waals surface area contributed by atoms with Crippen LogP contribution < -0.4 is 5.56 Å². The number of carboxylic acids is 1. The second-order valence-corrected chi connectivity index (χ2v) is 3.80. The van der Waals surface area contributed by atoms with E-state index in [1.54, 1.807) is 6.92 Å². The van der Waals surface area contributed by atoms with Crippen molar-refractivity contribution in [1.29, 1.82) is 0 Å². The molecule has 17 heavy (non-hydrogen) atoms. The maximum Gasteiger partial charge on any atom is 0.354 e. The molecule has 0 radical (unpaired) electrons. The summed E-state index contributed by atoms with van der Waals surface area (Å²) < 4.78 is 4.68. The molecule has 0 aliphatic heterocycles. The quantitative estimate of drug-likeness (QED) is 0.438. The van der Waals surface area contributed by atoms with Gasteiger partial charge >= 0.3 is 11.9 Å². The van der Waals surface area contributed by atoms with Crippen molar-refractivity contribution in [3.63, 3.8) is 0 Å². The lowest BCUT2D eigenvalue weighted by Gasteiger charge is -2.01. The van der Waals surface area contributed by atoms with Crippen LogP contribution in [0.4, 0.5) is 0 Å². The summed E-state index contributed by atoms with van der Waals surface area (Å²) >= 11 is 0.910. The summed E-state index contributed by atoms with van der Waals surface area (Å²) in [6.07, 6.45) is 0. The Balaban J connectivity index is 2.75. The van der Waals surface area contributed by atoms with Crippen molar-refractivity contribution in [3.8, 4) is 0 Å². The number of aromatic amines is 1. The van der Waals surface area contributed by atoms with Gasteiger partial charge in [-0.05, 0) is 6.92 Å². The van der Waals surface area contributed by atoms with Crippen molar-refractivity contribution in [2.75, 3.05) is 12.4 Å². The molecule has 92 valence electrons. The van der Waals surface area contributed by atoms with Gasteiger partial charge in [-0.2, -0.15) is 0 Å². The van der Waals surface area contributed by atoms with Gasteiger partial charge < -0.3 is 14.8 Å². The predicted octanol–water partition coefficient (Wildman–Crippen LogP) is 0.123. The van der Waals surface area contributed by atoms with E-state index in [0.29, 0.717) is 0 Å². The number of esters is 1. The third-order valence-electron chi connectivity index (χ3n) is 1.57. The zero-order valence-corrected chi connectivity index (χ0v) is 9.74. The minimum Gasteiger partial charge on any atom is -0.477 e. The van der Waals surface area contributed by atoms with Crippen molar-refractivity contribution in [1.82, 2.24) is 9.97 Å². The molecule has 1 heterocycles. The average Bonchev–Trinajstić information content (AvgIpc) is 2.26. The number of aromatic carboxylic acids is 1. The Labute approximate surface area is 100 Å². The number of carbonyl (C=O) groups excluding carboxylic acids is 1. The summed E-state index contributed by atoms with van der Waals surface area (Å²) in [5.41, 5.74) is -0.941. The van der Waals surface area contributed by atoms with E-state index in [9.17, 15) is 14.4 Å². The molecular formula is C9H10N2O5S. The standard InChI is InChI=1S/C9H10N2O5S/c1-2-16-7(13)4-17-9-10-5(8(14)15)3-6(12)11-9/h3H,2,4H2,1H3,(H,14,15)(H,10,11,12). The summed E-state index contributed by atoms with van der Waals surface area (Å²) in [6, 6.07) is 0.872. The number of nitrogens with zero attached hydrogens (tertiary/aromatic N) is 1. The Morgan fingerprint density at radius 1 is 1.59 bits per heavy atom. The van der Waals surface area contributed by atoms with Crippen LogP contribution in [-0.2, 0) is 9.53 Å². The molecule has 0 aliphatic rings. The molecule has 0 amide bonds. The van der Waals surface area contributed by atoms with Crippen LogP contribution in [0, 0.1) is 0 Å². The third-order valence-corrected chi connectivity index (χ3v) is 2.42. The molecule has 1 rings (SSSR count). The number of carboxylic acid groups (broad SMARTS) is 1. The van der Waals surface area contributed by atoms with Gasteiger partial charge in [-0.1, -0.05) is 11.8 Å². The second kappa shape index (κ2) is 6.04. The normalized spacial score (nSPS) is 9.94. The highest BCUT2D eigenvalue weighted by Crippen LogP contribution is 2.11. The number of aromatic nitrogens is 2. The van der Waals surface area contributed by atoms with Crippen LogP contribution in [0.5, 0.6) is 0 Å². The lowest BCUT2D eigenvalue weighted by atomic mass is 10.4. The van der Waals surface area contributed by atoms with Gasteiger partial charge in [0.25, 0.3) is 5.56 Å². The van der Waals surface area contributed by atoms with Crippen molar-refractivity contribution < 1.29 is 19.4 Å². The van der Waals surface area contributed by atoms with Crippen LogP contribution in [0.25, 0.3) is 0 Å². The highest BCUT2D eigenvalue weighted by atomic mass is 32.2. The molecule has 0 aliphatic carbocycles. The number of hydrogen-bond acceptors (Lipinski definition) is 6. The molecule has 0 bridgehead atoms. The van der Waals surface area contributed by atoms with Crippen LogP contribution >= 0.6 is 11.8 Å². The van der Waals surface area contributed by atoms with E-state index in [1.165, 1.54) is 0 Å². The van der Waals surface area contributed by atoms with Crippen molar-refractivity contribution in [3.05, 3.63) is 22.1 Å². The fourth-order valence-corrected chi connectivity index (χ4v) is 1.62. The largest absolute Gasteiger partial charge is 0.477 e. The maximum absolute atomic E-state index is 11.1. The van der Waals surface area contributed by atoms with E-state index in [2.05, 4.69) is 14.7 Å². The third kappa shape index (κ3) is 4.27. The van der Waals surface area contributed by atoms with Crippen molar-refractivity contribution in [2.24, 2.45) is 0 Å². The van der Waals surface area contributed by atoms with Gasteiger partial charge in [0.1, 0.15) is 0 Å². The maximum atomic E-state index is 11.1. The zero-order chi connectivity index (χ0) is 12.8. The lowest BCUT2D eigenvalue weighted by molar-refractivity contribution is -0.139. The highest BCUT2D eigenvalue weighted by molar-refractivity contribution is 7.99. The van der Waals surface area contributed by atoms with Gasteiger partial charge in [-0.3, -0.25) is 9.59 Å². The molecule has 2 N–H and O–H groups in total. The Morgan fingerprint density at radius 3 is 2.88 bits per heavy atom. The molecule has 0 spiro atoms. The van der Waals surface area contributed by atoms with Crippen LogP contribution in [-0.4, -0.2) is 39.4 Å². The topological polar surface area (TPSA) is 109 Å². The number of ether oxygens (including phenoxy) is 1. The fraction of sp³-hybridized carbons (Fsp3) is 0.333. The van der Waals surface area contributed by atoms with Crippen molar-refractivity contribution in [2.45, 2.75) is 12.1 Å². The van der Waals surface area contributed by atoms with E-state index < -0.39 is 17.5 Å². The number of nitrogens with one attached hydrogen (secondary N) is 1. The molecule has 8 heteroatoms. The summed E-state index contributed by atoms with van der Waals surface area (Å²) in [5.74, 6) is -1.80. The Kier molecular flexibility index (Phi) is 4.70. The first-order valence-corrected chi connectivity index (χ1v) is 5.64. The molecular weight excluding hydrogens is 248 g/mol. The van der Waals surface area contributed by atoms with E-state index >= 15 is 0 Å². The van der Waals surface area contributed by atoms with Gasteiger partial charge in [0.2, 0.25) is 0 Å². The first-order valence-electron chi connectivity index (χ1n) is 4.66. The first-order chi connectivity index (χ1) is 8.02. The Morgan fingerprint density at radius 2 is 2.29 bits per heavy atom. The number of carbonyl (C=O) groups is 2. The van der Waals surface area contributed by atoms with Crippen LogP contribution in [0.3, 0.4) is 0 Å². The average molecular weight is 258 g/mol. The summed E-state index contributed by atoms with van der Waals surface area (Å²) in [5, 5.41) is 8.75. The number of rotatable bonds is 5. The smallest absolute Gasteiger partial charge is 0.354 e. The summed E-state index contributed by atoms with van der Waals surface area (Å²) in [4.78, 5) is 38.8. The zero-order valence-electron chi connectivity index (χ0n) is 8.93. The van der Waals surface area contributed by atoms with Gasteiger partial charge in [-0.15, -0.1) is 0 Å². The van der Waals surface area contributed by atoms with Gasteiger partial charge in [0.15, 0.2) is 10.9 Å². The number of thioether (sulfide) groups is 1. The van der Waals surface area contributed by atoms with Gasteiger partial charge in [0.05, 0.1) is 12.4 Å². The van der Waals surface area contributed by atoms with Gasteiger partial charge in [-0.25, -0.2) is 9.78 Å². The second-order valence-electron chi connectivity index (χ2n) is 2.83. The lowest BCUT2D eigenvalue weighted by Crippen LogP contribution is -2.14. The monoisotopic (exact) mass is 258 g/mol. The molecule has 7 nitrogen and oxygen atoms in total. The van der Waals surface area contributed by atoms with E-state index in [4.69, 9.17) is 5.11 Å². The van der Waals surface area contributed by atoms with E-state index in [-0.39, 0.29) is 23.2 Å². The molecule has 0 atom stereocenters. The molecule has 0 unspecified atom stereocenters. The Hall–Kier alpha value is -1.83. The highest BCUT2D eigenvalue weighted by Gasteiger charge is 2.10. The molecule has 0 aromatic carbocycles. The minimum absolute atomic E-state index is 0.0418. The fourth-order valence-electron chi connectivity index (χ4n) is 0.943. The van der Waals surface area contributed by atoms with Gasteiger partial charge in [0, 0.05) is 6.07 Å². The molecule has 0 saturated carbocycles. The van der Waals surface area contributed by atoms with E-state index in [0.717, 1.165) is 17.8 Å². The molecule has 1 aromatic heterocycles. The van der Waals surface area contributed by atoms with Crippen LogP contribution in [0.15, 0.2) is 16.0 Å². The first kappa shape index (κ1) is 13.2. The van der Waals surface area contributed by atoms with E-state index in [1.807, 2.05) is 0 Å². The van der Waals surface area contributed by atoms with Crippen LogP contribution in [0.1, 0.15) is 17.4 Å².